The highest BCUT2D eigenvalue weighted by atomic mass is 19.1. The van der Waals surface area contributed by atoms with Crippen LogP contribution in [0.3, 0.4) is 0 Å². The van der Waals surface area contributed by atoms with E-state index in [1.165, 1.54) is 12.1 Å². The number of nitrogens with zero attached hydrogens (tertiary/aromatic N) is 2. The molecule has 0 atom stereocenters. The van der Waals surface area contributed by atoms with Crippen LogP contribution in [-0.2, 0) is 0 Å². The van der Waals surface area contributed by atoms with Gasteiger partial charge < -0.3 is 0 Å². The van der Waals surface area contributed by atoms with Gasteiger partial charge in [-0.2, -0.15) is 5.10 Å². The van der Waals surface area contributed by atoms with Crippen molar-refractivity contribution < 1.29 is 4.39 Å². The second-order valence-electron chi connectivity index (χ2n) is 5.55. The molecule has 116 valence electrons. The van der Waals surface area contributed by atoms with Crippen molar-refractivity contribution in [1.29, 1.82) is 0 Å². The number of hydrogen-bond donors (Lipinski definition) is 0. The van der Waals surface area contributed by atoms with E-state index < -0.39 is 0 Å². The van der Waals surface area contributed by atoms with E-state index in [0.29, 0.717) is 0 Å². The summed E-state index contributed by atoms with van der Waals surface area (Å²) in [4.78, 5) is 0. The molecule has 1 heterocycles. The van der Waals surface area contributed by atoms with Crippen LogP contribution in [0.25, 0.3) is 28.1 Å². The molecule has 0 aliphatic rings. The summed E-state index contributed by atoms with van der Waals surface area (Å²) >= 11 is 0. The summed E-state index contributed by atoms with van der Waals surface area (Å²) in [5, 5.41) is 4.72. The van der Waals surface area contributed by atoms with Gasteiger partial charge in [-0.05, 0) is 29.8 Å². The molecule has 0 saturated carbocycles. The van der Waals surface area contributed by atoms with Crippen molar-refractivity contribution in [3.8, 4) is 28.1 Å². The van der Waals surface area contributed by atoms with Crippen LogP contribution in [0.5, 0.6) is 0 Å². The number of para-hydroxylation sites is 1. The smallest absolute Gasteiger partial charge is 0.123 e. The molecule has 3 heteroatoms. The lowest BCUT2D eigenvalue weighted by Crippen LogP contribution is -1.94. The lowest BCUT2D eigenvalue weighted by molar-refractivity contribution is 0.628. The molecule has 0 aliphatic heterocycles. The van der Waals surface area contributed by atoms with Crippen molar-refractivity contribution in [3.05, 3.63) is 96.9 Å². The highest BCUT2D eigenvalue weighted by Crippen LogP contribution is 2.32. The topological polar surface area (TPSA) is 17.8 Å². The molecule has 0 aliphatic carbocycles. The fourth-order valence-electron chi connectivity index (χ4n) is 2.76. The molecule has 0 N–H and O–H groups in total. The van der Waals surface area contributed by atoms with Gasteiger partial charge in [-0.1, -0.05) is 60.7 Å². The predicted molar refractivity (Wildman–Crippen MR) is 94.4 cm³/mol. The zero-order valence-electron chi connectivity index (χ0n) is 12.9. The number of rotatable bonds is 3. The predicted octanol–water partition coefficient (Wildman–Crippen LogP) is 5.35. The van der Waals surface area contributed by atoms with E-state index in [1.54, 1.807) is 6.07 Å². The van der Waals surface area contributed by atoms with Crippen molar-refractivity contribution in [2.75, 3.05) is 0 Å². The Morgan fingerprint density at radius 3 is 2.08 bits per heavy atom. The Morgan fingerprint density at radius 1 is 0.708 bits per heavy atom. The van der Waals surface area contributed by atoms with Gasteiger partial charge in [0.05, 0.1) is 5.69 Å². The highest BCUT2D eigenvalue weighted by molar-refractivity contribution is 5.80. The summed E-state index contributed by atoms with van der Waals surface area (Å²) in [6.45, 7) is 0. The van der Waals surface area contributed by atoms with Gasteiger partial charge in [0.15, 0.2) is 0 Å². The van der Waals surface area contributed by atoms with Crippen molar-refractivity contribution in [1.82, 2.24) is 9.78 Å². The van der Waals surface area contributed by atoms with Gasteiger partial charge in [0.25, 0.3) is 0 Å². The summed E-state index contributed by atoms with van der Waals surface area (Å²) in [5.41, 5.74) is 4.54. The van der Waals surface area contributed by atoms with Crippen LogP contribution >= 0.6 is 0 Å². The van der Waals surface area contributed by atoms with E-state index in [4.69, 9.17) is 5.10 Å². The zero-order chi connectivity index (χ0) is 16.4. The van der Waals surface area contributed by atoms with Crippen LogP contribution in [0.15, 0.2) is 91.1 Å². The van der Waals surface area contributed by atoms with Gasteiger partial charge in [-0.3, -0.25) is 0 Å². The lowest BCUT2D eigenvalue weighted by atomic mass is 10.0. The lowest BCUT2D eigenvalue weighted by Gasteiger charge is -2.02. The van der Waals surface area contributed by atoms with Gasteiger partial charge in [0.2, 0.25) is 0 Å². The first-order chi connectivity index (χ1) is 11.8. The maximum absolute atomic E-state index is 13.7. The third kappa shape index (κ3) is 2.72. The Bertz CT molecular complexity index is 960. The van der Waals surface area contributed by atoms with Crippen LogP contribution in [0, 0.1) is 5.82 Å². The average Bonchev–Trinajstić information content (AvgIpc) is 3.09. The fraction of sp³-hybridized carbons (Fsp3) is 0. The number of halogens is 1. The molecule has 0 bridgehead atoms. The van der Waals surface area contributed by atoms with Crippen LogP contribution < -0.4 is 0 Å². The van der Waals surface area contributed by atoms with Crippen molar-refractivity contribution in [2.45, 2.75) is 0 Å². The SMILES string of the molecule is Fc1cccc(-c2nn(-c3ccccc3)cc2-c2ccccc2)c1. The number of hydrogen-bond acceptors (Lipinski definition) is 1. The summed E-state index contributed by atoms with van der Waals surface area (Å²) in [6, 6.07) is 26.5. The molecule has 3 aromatic carbocycles. The highest BCUT2D eigenvalue weighted by Gasteiger charge is 2.14. The monoisotopic (exact) mass is 314 g/mol. The Labute approximate surface area is 139 Å². The molecule has 24 heavy (non-hydrogen) atoms. The second-order valence-corrected chi connectivity index (χ2v) is 5.55. The van der Waals surface area contributed by atoms with Crippen molar-refractivity contribution in [3.63, 3.8) is 0 Å². The van der Waals surface area contributed by atoms with Crippen LogP contribution in [0.4, 0.5) is 4.39 Å². The van der Waals surface area contributed by atoms with Gasteiger partial charge in [-0.15, -0.1) is 0 Å². The molecule has 4 aromatic rings. The molecule has 0 amide bonds. The van der Waals surface area contributed by atoms with Crippen LogP contribution in [0.2, 0.25) is 0 Å². The van der Waals surface area contributed by atoms with Gasteiger partial charge in [-0.25, -0.2) is 9.07 Å². The first-order valence-electron chi connectivity index (χ1n) is 7.78. The zero-order valence-corrected chi connectivity index (χ0v) is 12.9. The normalized spacial score (nSPS) is 10.7. The Morgan fingerprint density at radius 2 is 1.38 bits per heavy atom. The number of benzene rings is 3. The van der Waals surface area contributed by atoms with Crippen molar-refractivity contribution >= 4 is 0 Å². The third-order valence-electron chi connectivity index (χ3n) is 3.92. The van der Waals surface area contributed by atoms with Crippen LogP contribution in [-0.4, -0.2) is 9.78 Å². The van der Waals surface area contributed by atoms with Gasteiger partial charge >= 0.3 is 0 Å². The molecule has 0 fully saturated rings. The molecule has 1 aromatic heterocycles. The Hall–Kier alpha value is -3.20. The Balaban J connectivity index is 1.92. The first kappa shape index (κ1) is 14.4. The van der Waals surface area contributed by atoms with E-state index in [2.05, 4.69) is 0 Å². The summed E-state index contributed by atoms with van der Waals surface area (Å²) in [7, 11) is 0. The fourth-order valence-corrected chi connectivity index (χ4v) is 2.76. The molecule has 0 spiro atoms. The number of aromatic nitrogens is 2. The first-order valence-corrected chi connectivity index (χ1v) is 7.78. The molecule has 0 unspecified atom stereocenters. The molecule has 2 nitrogen and oxygen atoms in total. The minimum Gasteiger partial charge on any atom is -0.240 e. The van der Waals surface area contributed by atoms with E-state index in [0.717, 1.165) is 28.1 Å². The molecule has 0 radical (unpaired) electrons. The summed E-state index contributed by atoms with van der Waals surface area (Å²) in [5.74, 6) is -0.263. The second kappa shape index (κ2) is 6.13. The van der Waals surface area contributed by atoms with E-state index in [1.807, 2.05) is 77.6 Å². The molecule has 0 saturated heterocycles. The third-order valence-corrected chi connectivity index (χ3v) is 3.92. The molecular weight excluding hydrogens is 299 g/mol. The summed E-state index contributed by atoms with van der Waals surface area (Å²) < 4.78 is 15.5. The Kier molecular flexibility index (Phi) is 3.67. The average molecular weight is 314 g/mol. The van der Waals surface area contributed by atoms with Gasteiger partial charge in [0, 0.05) is 17.3 Å². The maximum atomic E-state index is 13.7. The molecular formula is C21H15FN2. The van der Waals surface area contributed by atoms with Gasteiger partial charge in [0.1, 0.15) is 11.5 Å². The maximum Gasteiger partial charge on any atom is 0.123 e. The standard InChI is InChI=1S/C21H15FN2/c22-18-11-7-10-17(14-18)21-20(16-8-3-1-4-9-16)15-24(23-21)19-12-5-2-6-13-19/h1-15H. The van der Waals surface area contributed by atoms with Crippen molar-refractivity contribution in [2.24, 2.45) is 0 Å². The van der Waals surface area contributed by atoms with E-state index in [9.17, 15) is 4.39 Å². The quantitative estimate of drug-likeness (QED) is 0.499. The minimum absolute atomic E-state index is 0.263. The molecule has 4 rings (SSSR count). The van der Waals surface area contributed by atoms with E-state index >= 15 is 0 Å². The summed E-state index contributed by atoms with van der Waals surface area (Å²) in [6.07, 6.45) is 1.99. The van der Waals surface area contributed by atoms with Crippen LogP contribution in [0.1, 0.15) is 0 Å². The minimum atomic E-state index is -0.263. The van der Waals surface area contributed by atoms with E-state index in [-0.39, 0.29) is 5.82 Å². The largest absolute Gasteiger partial charge is 0.240 e.